The van der Waals surface area contributed by atoms with Crippen LogP contribution in [0.2, 0.25) is 0 Å². The molecule has 0 spiro atoms. The molecule has 0 unspecified atom stereocenters. The zero-order valence-corrected chi connectivity index (χ0v) is 79.0. The van der Waals surface area contributed by atoms with Crippen molar-refractivity contribution in [2.45, 2.75) is 46.3 Å². The van der Waals surface area contributed by atoms with Crippen molar-refractivity contribution in [3.8, 4) is 144 Å². The van der Waals surface area contributed by atoms with Gasteiger partial charge in [0.05, 0.1) is 15.0 Å². The summed E-state index contributed by atoms with van der Waals surface area (Å²) in [5.74, 6) is 0. The summed E-state index contributed by atoms with van der Waals surface area (Å²) in [7, 11) is -0.366. The first kappa shape index (κ1) is 87.1. The van der Waals surface area contributed by atoms with Crippen molar-refractivity contribution in [2.75, 3.05) is 0 Å². The van der Waals surface area contributed by atoms with Crippen molar-refractivity contribution in [3.63, 3.8) is 0 Å². The fourth-order valence-electron chi connectivity index (χ4n) is 20.6. The van der Waals surface area contributed by atoms with Gasteiger partial charge in [-0.05, 0) is 243 Å². The Kier molecular flexibility index (Phi) is 23.7. The monoisotopic (exact) mass is 1850 g/mol. The van der Waals surface area contributed by atoms with Gasteiger partial charge in [0.25, 0.3) is 0 Å². The Morgan fingerprint density at radius 2 is 0.409 bits per heavy atom. The smallest absolute Gasteiger partial charge is 0.399 e. The molecular weight excluding hydrogens is 1760 g/mol. The van der Waals surface area contributed by atoms with Gasteiger partial charge >= 0.3 is 7.12 Å². The van der Waals surface area contributed by atoms with Crippen LogP contribution in [-0.2, 0) is 9.31 Å². The van der Waals surface area contributed by atoms with E-state index in [1.807, 2.05) is 22.7 Å². The minimum atomic E-state index is -0.366. The van der Waals surface area contributed by atoms with Crippen LogP contribution in [0.5, 0.6) is 0 Å². The van der Waals surface area contributed by atoms with Gasteiger partial charge in [-0.25, -0.2) is 0 Å². The molecule has 0 amide bonds. The molecule has 24 aromatic rings. The largest absolute Gasteiger partial charge is 0.494 e. The maximum absolute atomic E-state index is 6.29. The molecule has 1 saturated heterocycles. The minimum Gasteiger partial charge on any atom is -0.399 e. The van der Waals surface area contributed by atoms with Crippen LogP contribution in [0.1, 0.15) is 35.1 Å². The molecule has 2 nitrogen and oxygen atoms in total. The van der Waals surface area contributed by atoms with Crippen molar-refractivity contribution in [1.29, 1.82) is 0 Å². The maximum atomic E-state index is 6.29. The fourth-order valence-corrected chi connectivity index (χ4v) is 24.0. The van der Waals surface area contributed by atoms with E-state index in [1.165, 1.54) is 233 Å². The average molecular weight is 1860 g/mol. The average Bonchev–Trinajstić information content (AvgIpc) is 1.55. The van der Waals surface area contributed by atoms with E-state index in [0.717, 1.165) is 5.46 Å². The van der Waals surface area contributed by atoms with Gasteiger partial charge in [0.1, 0.15) is 0 Å². The number of hydrogen-bond donors (Lipinski definition) is 0. The van der Waals surface area contributed by atoms with Crippen LogP contribution in [0.25, 0.3) is 229 Å². The molecule has 0 radical (unpaired) electrons. The van der Waals surface area contributed by atoms with Crippen LogP contribution in [0, 0.1) is 0 Å². The lowest BCUT2D eigenvalue weighted by atomic mass is 9.78. The molecule has 6 heteroatoms. The number of rotatable bonds is 14. The summed E-state index contributed by atoms with van der Waals surface area (Å²) in [6, 6.07) is 176. The molecule has 25 rings (SSSR count). The van der Waals surface area contributed by atoms with Gasteiger partial charge in [0.2, 0.25) is 0 Å². The first-order valence-corrected chi connectivity index (χ1v) is 49.1. The molecule has 22 aromatic carbocycles. The van der Waals surface area contributed by atoms with E-state index in [2.05, 4.69) is 529 Å². The van der Waals surface area contributed by atoms with Crippen LogP contribution in [0.3, 0.4) is 0 Å². The van der Waals surface area contributed by atoms with Gasteiger partial charge in [-0.3, -0.25) is 0 Å². The Morgan fingerprint density at radius 3 is 0.730 bits per heavy atom. The number of halogens is 1. The van der Waals surface area contributed by atoms with E-state index < -0.39 is 0 Å². The molecule has 1 fully saturated rings. The topological polar surface area (TPSA) is 18.5 Å². The quantitative estimate of drug-likeness (QED) is 0.0798. The molecule has 0 bridgehead atoms. The molecule has 654 valence electrons. The lowest BCUT2D eigenvalue weighted by Gasteiger charge is -2.32. The summed E-state index contributed by atoms with van der Waals surface area (Å²) >= 11 is 7.69. The highest BCUT2D eigenvalue weighted by Gasteiger charge is 2.52. The summed E-state index contributed by atoms with van der Waals surface area (Å²) < 4.78 is 16.4. The highest BCUT2D eigenvalue weighted by atomic mass is 79.9. The third-order valence-corrected chi connectivity index (χ3v) is 30.7. The third kappa shape index (κ3) is 16.1. The van der Waals surface area contributed by atoms with Crippen molar-refractivity contribution < 1.29 is 9.31 Å². The Morgan fingerprint density at radius 1 is 0.190 bits per heavy atom. The van der Waals surface area contributed by atoms with Crippen LogP contribution >= 0.6 is 38.6 Å². The van der Waals surface area contributed by atoms with Gasteiger partial charge < -0.3 is 9.31 Å². The van der Waals surface area contributed by atoms with Gasteiger partial charge in [0.15, 0.2) is 0 Å². The molecule has 137 heavy (non-hydrogen) atoms. The minimum absolute atomic E-state index is 0. The van der Waals surface area contributed by atoms with Gasteiger partial charge in [-0.1, -0.05) is 481 Å². The predicted octanol–water partition coefficient (Wildman–Crippen LogP) is 37.8. The third-order valence-electron chi connectivity index (χ3n) is 27.6. The number of thiophene rings is 2. The molecule has 0 atom stereocenters. The van der Waals surface area contributed by atoms with Crippen LogP contribution in [0.15, 0.2) is 489 Å². The number of fused-ring (bicyclic) bond motifs is 10. The zero-order valence-electron chi connectivity index (χ0n) is 75.8. The molecular formula is C131H96BBrO2S2. The molecule has 2 aromatic heterocycles. The summed E-state index contributed by atoms with van der Waals surface area (Å²) in [4.78, 5) is 1.28. The Hall–Kier alpha value is -15.2. The Labute approximate surface area is 818 Å². The van der Waals surface area contributed by atoms with Crippen molar-refractivity contribution >= 4 is 136 Å². The standard InChI is InChI=1S/C62H40S.C38H33BO2.C30H19BrS.CH4/c1-6-20-42(21-7-1)55-49-30-16-17-31-50(49)56(43-22-8-2-9-23-43)54-40-48(38-39-53(54)55)41-34-36-47(37-35-41)61-59(46-28-14-5-15-29-46)60-52-33-19-18-32-51(52)57(44-24-10-3-11-25-44)58(62(60)63-61)45-26-12-4-13-27-45;1-37(2)38(3,4)41-39(40-37)30-22-19-26(20-23-30)29-21-24-33-34(25-29)36(28-15-9-6-10-16-28)32-18-12-11-17-31(32)35(33)27-13-7-5-8-14-27;31-30-27(22-16-8-3-9-17-22)28-24-19-11-10-18-23(24)25(20-12-4-1-5-13-20)26(29(28)32-30)21-14-6-2-7-15-21;/h1-40H;5-25H,1-4H3;1-19H;1H4. The van der Waals surface area contributed by atoms with E-state index in [1.54, 1.807) is 0 Å². The molecule has 0 N–H and O–H groups in total. The van der Waals surface area contributed by atoms with E-state index in [4.69, 9.17) is 9.31 Å². The van der Waals surface area contributed by atoms with Crippen LogP contribution in [-0.4, -0.2) is 18.3 Å². The van der Waals surface area contributed by atoms with Crippen molar-refractivity contribution in [2.24, 2.45) is 0 Å². The van der Waals surface area contributed by atoms with Gasteiger partial charge in [-0.15, -0.1) is 22.7 Å². The first-order valence-electron chi connectivity index (χ1n) is 46.7. The summed E-state index contributed by atoms with van der Waals surface area (Å²) in [5, 5.41) is 17.8. The predicted molar refractivity (Wildman–Crippen MR) is 596 cm³/mol. The fraction of sp³-hybridized carbons (Fsp3) is 0.0534. The Balaban J connectivity index is 0.000000127. The highest BCUT2D eigenvalue weighted by Crippen LogP contribution is 2.58. The molecule has 1 aliphatic rings. The van der Waals surface area contributed by atoms with E-state index in [-0.39, 0.29) is 25.7 Å². The maximum Gasteiger partial charge on any atom is 0.494 e. The zero-order chi connectivity index (χ0) is 91.4. The first-order chi connectivity index (χ1) is 66.9. The van der Waals surface area contributed by atoms with Gasteiger partial charge in [0, 0.05) is 47.3 Å². The molecule has 1 aliphatic heterocycles. The van der Waals surface area contributed by atoms with Crippen LogP contribution < -0.4 is 5.46 Å². The van der Waals surface area contributed by atoms with Gasteiger partial charge in [-0.2, -0.15) is 0 Å². The molecule has 0 saturated carbocycles. The van der Waals surface area contributed by atoms with Crippen LogP contribution in [0.4, 0.5) is 0 Å². The lowest BCUT2D eigenvalue weighted by Crippen LogP contribution is -2.41. The normalized spacial score (nSPS) is 12.7. The molecule has 3 heterocycles. The summed E-state index contributed by atoms with van der Waals surface area (Å²) in [5.41, 5.74) is 31.4. The number of hydrogen-bond acceptors (Lipinski definition) is 4. The summed E-state index contributed by atoms with van der Waals surface area (Å²) in [6.07, 6.45) is 0. The number of benzene rings is 22. The second kappa shape index (κ2) is 37.2. The van der Waals surface area contributed by atoms with Crippen molar-refractivity contribution in [3.05, 3.63) is 489 Å². The Bertz CT molecular complexity index is 8560. The summed E-state index contributed by atoms with van der Waals surface area (Å²) in [6.45, 7) is 8.37. The lowest BCUT2D eigenvalue weighted by molar-refractivity contribution is 0.00578. The van der Waals surface area contributed by atoms with E-state index in [9.17, 15) is 0 Å². The van der Waals surface area contributed by atoms with E-state index >= 15 is 0 Å². The second-order valence-corrected chi connectivity index (χ2v) is 39.5. The van der Waals surface area contributed by atoms with Crippen molar-refractivity contribution in [1.82, 2.24) is 0 Å². The highest BCUT2D eigenvalue weighted by molar-refractivity contribution is 9.11. The van der Waals surface area contributed by atoms with E-state index in [0.29, 0.717) is 0 Å². The SMILES string of the molecule is Brc1sc2c(-c3ccccc3)c(-c3ccccc3)c3ccccc3c2c1-c1ccccc1.C.CC1(C)OB(c2ccc(-c3ccc4c(-c5ccccc5)c5ccccc5c(-c5ccccc5)c4c3)cc2)OC1(C)C.c1ccc(-c2c3ccccc3c(-c3ccccc3)c3cc(-c4ccc(-c5sc6c(-c7ccccc7)c(-c7ccccc7)c7ccccc7c6c5-c5ccccc5)cc4)ccc23)cc1. The second-order valence-electron chi connectivity index (χ2n) is 36.1. The molecule has 0 aliphatic carbocycles.